The summed E-state index contributed by atoms with van der Waals surface area (Å²) in [5.41, 5.74) is 12.0. The average molecular weight is 1870 g/mol. The second-order valence-corrected chi connectivity index (χ2v) is 26.5. The number of carboxylic acid groups (broad SMARTS) is 1. The van der Waals surface area contributed by atoms with Crippen LogP contribution < -0.4 is 11.5 Å². The molecule has 5 N–H and O–H groups in total. The van der Waals surface area contributed by atoms with E-state index in [0.717, 1.165) is 43.5 Å². The zero-order chi connectivity index (χ0) is 94.1. The number of nitro benzene ring substituents is 9. The van der Waals surface area contributed by atoms with Gasteiger partial charge in [-0.3, -0.25) is 105 Å². The average Bonchev–Trinajstić information content (AvgIpc) is 1.59. The van der Waals surface area contributed by atoms with Crippen LogP contribution >= 0.6 is 31.9 Å². The minimum Gasteiger partial charge on any atom is -0.478 e. The number of nitrogen functional groups attached to an aromatic ring is 2. The Morgan fingerprint density at radius 3 is 1.22 bits per heavy atom. The van der Waals surface area contributed by atoms with Gasteiger partial charge in [-0.05, 0) is 108 Å². The van der Waals surface area contributed by atoms with Crippen LogP contribution in [0, 0.1) is 126 Å². The molecule has 8 aromatic carbocycles. The Bertz CT molecular complexity index is 6210. The molecule has 1 aliphatic rings. The number of halogens is 2. The lowest BCUT2D eigenvalue weighted by Crippen LogP contribution is -2.14. The SMILES string of the molecule is COC(=O)c1cc(N)c(C)c([N+](=O)[O-])c1.COC(=O)c1cc([N+](=O)[O-])c(C)c(N)c1Br.COC(=O)c1cc([N+](=O)[O-])c(C)c([N+](=O)[O-])c1.COC(=O)c1cc2c(c([N+](=O)[O-])c1-n1nnc3ccccc31)C=NC2.COC(=O)c1cc2c(cnn2C)c([N+](=O)[O-])c1Br.COC(=O)c1cc2c(cnn2C)c([N+](=O)[O-])c1C.Cc1c([N+](=O)[O-])cc(C(=O)O)cc1[N+](=O)[O-]. The number of ether oxygens (including phenoxy) is 6. The minimum atomic E-state index is -1.45. The quantitative estimate of drug-likeness (QED) is 0.0250. The number of hydrogen-bond acceptors (Lipinski definition) is 38. The molecule has 51 nitrogen and oxygen atoms in total. The van der Waals surface area contributed by atoms with Gasteiger partial charge >= 0.3 is 47.5 Å². The fourth-order valence-corrected chi connectivity index (χ4v) is 12.6. The zero-order valence-corrected chi connectivity index (χ0v) is 69.8. The number of hydrogen-bond donors (Lipinski definition) is 3. The van der Waals surface area contributed by atoms with Crippen LogP contribution in [-0.4, -0.2) is 175 Å². The van der Waals surface area contributed by atoms with Gasteiger partial charge in [-0.25, -0.2) is 38.2 Å². The van der Waals surface area contributed by atoms with E-state index in [1.54, 1.807) is 50.5 Å². The predicted molar refractivity (Wildman–Crippen MR) is 440 cm³/mol. The number of fused-ring (bicyclic) bond motifs is 4. The van der Waals surface area contributed by atoms with Gasteiger partial charge in [0.2, 0.25) is 0 Å². The summed E-state index contributed by atoms with van der Waals surface area (Å²) in [4.78, 5) is 176. The van der Waals surface area contributed by atoms with Crippen molar-refractivity contribution in [2.75, 3.05) is 54.1 Å². The first-order valence-electron chi connectivity index (χ1n) is 34.1. The molecule has 0 saturated carbocycles. The van der Waals surface area contributed by atoms with Crippen molar-refractivity contribution < 1.29 is 111 Å². The van der Waals surface area contributed by atoms with Crippen molar-refractivity contribution in [3.63, 3.8) is 0 Å². The number of carbonyl (C=O) groups is 7. The first kappa shape index (κ1) is 97.1. The lowest BCUT2D eigenvalue weighted by atomic mass is 10.0. The van der Waals surface area contributed by atoms with E-state index in [1.165, 1.54) is 115 Å². The Hall–Kier alpha value is -16.8. The summed E-state index contributed by atoms with van der Waals surface area (Å²) in [5, 5.41) is 123. The van der Waals surface area contributed by atoms with E-state index in [2.05, 4.69) is 81.0 Å². The van der Waals surface area contributed by atoms with Gasteiger partial charge in [0.1, 0.15) is 21.1 Å². The molecule has 0 saturated heterocycles. The number of esters is 6. The highest BCUT2D eigenvalue weighted by Gasteiger charge is 2.35. The topological polar surface area (TPSA) is 714 Å². The maximum Gasteiger partial charge on any atom is 0.340 e. The van der Waals surface area contributed by atoms with Crippen LogP contribution in [0.15, 0.2) is 111 Å². The number of para-hydroxylation sites is 1. The number of aliphatic imine (C=N–C) groups is 1. The van der Waals surface area contributed by atoms with E-state index in [0.29, 0.717) is 59.6 Å². The third kappa shape index (κ3) is 21.5. The monoisotopic (exact) mass is 1860 g/mol. The lowest BCUT2D eigenvalue weighted by Gasteiger charge is -2.12. The largest absolute Gasteiger partial charge is 0.478 e. The normalized spacial score (nSPS) is 10.6. The Kier molecular flexibility index (Phi) is 32.0. The smallest absolute Gasteiger partial charge is 0.340 e. The molecule has 1 aliphatic heterocycles. The Labute approximate surface area is 713 Å². The van der Waals surface area contributed by atoms with Gasteiger partial charge in [0, 0.05) is 73.5 Å². The van der Waals surface area contributed by atoms with Gasteiger partial charge in [0.05, 0.1) is 193 Å². The third-order valence-electron chi connectivity index (χ3n) is 17.8. The number of anilines is 2. The van der Waals surface area contributed by atoms with E-state index >= 15 is 0 Å². The van der Waals surface area contributed by atoms with E-state index in [-0.39, 0.29) is 107 Å². The molecular weight excluding hydrogens is 1800 g/mol. The van der Waals surface area contributed by atoms with Crippen molar-refractivity contribution >= 4 is 175 Å². The highest BCUT2D eigenvalue weighted by molar-refractivity contribution is 9.11. The summed E-state index contributed by atoms with van der Waals surface area (Å²) < 4.78 is 32.0. The van der Waals surface area contributed by atoms with Crippen LogP contribution in [0.4, 0.5) is 62.6 Å². The molecule has 0 unspecified atom stereocenters. The molecule has 11 aromatic rings. The summed E-state index contributed by atoms with van der Waals surface area (Å²) in [6.45, 7) is 7.28. The maximum absolute atomic E-state index is 12.3. The molecule has 12 rings (SSSR count). The number of nitro groups is 9. The van der Waals surface area contributed by atoms with Crippen molar-refractivity contribution in [1.82, 2.24) is 34.6 Å². The minimum absolute atomic E-state index is 0.0256. The molecule has 652 valence electrons. The molecule has 125 heavy (non-hydrogen) atoms. The predicted octanol–water partition coefficient (Wildman–Crippen LogP) is 12.1. The van der Waals surface area contributed by atoms with Crippen molar-refractivity contribution in [3.8, 4) is 5.69 Å². The number of aryl methyl sites for hydroxylation is 2. The van der Waals surface area contributed by atoms with E-state index in [4.69, 9.17) is 21.3 Å². The van der Waals surface area contributed by atoms with Crippen molar-refractivity contribution in [1.29, 1.82) is 0 Å². The molecule has 0 radical (unpaired) electrons. The van der Waals surface area contributed by atoms with Crippen molar-refractivity contribution in [2.45, 2.75) is 41.2 Å². The van der Waals surface area contributed by atoms with Crippen LogP contribution in [0.5, 0.6) is 0 Å². The Morgan fingerprint density at radius 1 is 0.424 bits per heavy atom. The first-order valence-corrected chi connectivity index (χ1v) is 35.6. The standard InChI is InChI=1S/C16H11N5O4.C11H11N3O4.C10H8BrN3O4.C9H9BrN2O4.C9H8N2O6.C9H10N2O4.C8H6N2O6/c1-25-16(22)10-6-9-7-17-8-11(9)15(21(23)24)14(10)20-13-5-3-2-4-12(13)18-19-20;1-6-7(11(15)18-3)4-9-8(5-12-13(9)2)10(6)14(16)17;1-13-7-3-5(10(15)18-2)8(11)9(14(16)17)6(7)4-12-13;1-4-6(12(14)15)3-5(9(13)16-2)7(10)8(4)11;1-5-7(10(13)14)3-6(9(12)17-2)4-8(5)11(15)16;1-5-7(10)3-6(9(12)15-2)4-8(5)11(13)14;1-4-6(9(13)14)2-5(8(11)12)3-7(4)10(15)16/h2-6,8H,7H2,1H3;4-5H,1-3H3;3-4H,1-2H3;3H,11H2,1-2H3;3-4H,1-2H3;3-4H,10H2,1-2H3;2-3H,1H3,(H,11,12). The molecule has 3 aromatic heterocycles. The summed E-state index contributed by atoms with van der Waals surface area (Å²) >= 11 is 6.18. The molecular formula is C72H63Br2N19O32. The van der Waals surface area contributed by atoms with Crippen LogP contribution in [-0.2, 0) is 49.1 Å². The van der Waals surface area contributed by atoms with Gasteiger partial charge in [-0.15, -0.1) is 5.10 Å². The number of carbonyl (C=O) groups excluding carboxylic acids is 6. The number of nitrogens with zero attached hydrogens (tertiary/aromatic N) is 17. The maximum atomic E-state index is 12.3. The number of aromatic carboxylic acids is 1. The summed E-state index contributed by atoms with van der Waals surface area (Å²) in [6.07, 6.45) is 4.25. The molecule has 0 fully saturated rings. The molecule has 4 heterocycles. The molecule has 0 aliphatic carbocycles. The van der Waals surface area contributed by atoms with Gasteiger partial charge in [-0.2, -0.15) is 10.2 Å². The van der Waals surface area contributed by atoms with E-state index < -0.39 is 114 Å². The van der Waals surface area contributed by atoms with Crippen molar-refractivity contribution in [2.24, 2.45) is 19.1 Å². The highest BCUT2D eigenvalue weighted by atomic mass is 79.9. The fraction of sp³-hybridized carbons (Fsp3) is 0.194. The highest BCUT2D eigenvalue weighted by Crippen LogP contribution is 2.41. The van der Waals surface area contributed by atoms with Gasteiger partial charge in [-0.1, -0.05) is 17.3 Å². The number of methoxy groups -OCH3 is 6. The number of carboxylic acids is 1. The number of nitrogens with two attached hydrogens (primary N) is 2. The number of aromatic nitrogens is 7. The van der Waals surface area contributed by atoms with Crippen LogP contribution in [0.1, 0.15) is 111 Å². The van der Waals surface area contributed by atoms with Crippen molar-refractivity contribution in [3.05, 3.63) is 275 Å². The van der Waals surface area contributed by atoms with Gasteiger partial charge < -0.3 is 45.0 Å². The van der Waals surface area contributed by atoms with E-state index in [1.807, 2.05) is 0 Å². The number of rotatable bonds is 17. The molecule has 0 bridgehead atoms. The van der Waals surface area contributed by atoms with Crippen LogP contribution in [0.2, 0.25) is 0 Å². The Morgan fingerprint density at radius 2 is 0.800 bits per heavy atom. The third-order valence-corrected chi connectivity index (χ3v) is 19.5. The molecule has 0 atom stereocenters. The lowest BCUT2D eigenvalue weighted by molar-refractivity contribution is -0.395. The molecule has 53 heteroatoms. The summed E-state index contributed by atoms with van der Waals surface area (Å²) in [7, 11) is 10.4. The second-order valence-electron chi connectivity index (χ2n) is 24.9. The second kappa shape index (κ2) is 41.3. The Balaban J connectivity index is 0.000000227. The zero-order valence-electron chi connectivity index (χ0n) is 66.6. The van der Waals surface area contributed by atoms with Crippen LogP contribution in [0.25, 0.3) is 38.5 Å². The molecule has 0 spiro atoms. The fourth-order valence-electron chi connectivity index (χ4n) is 11.4. The summed E-state index contributed by atoms with van der Waals surface area (Å²) in [6, 6.07) is 18.8. The van der Waals surface area contributed by atoms with Gasteiger partial charge in [0.25, 0.3) is 45.5 Å². The van der Waals surface area contributed by atoms with Gasteiger partial charge in [0.15, 0.2) is 5.69 Å². The van der Waals surface area contributed by atoms with E-state index in [9.17, 15) is 125 Å². The number of benzene rings is 8. The summed E-state index contributed by atoms with van der Waals surface area (Å²) in [5.74, 6) is -5.58. The molecule has 0 amide bonds. The van der Waals surface area contributed by atoms with Crippen LogP contribution in [0.3, 0.4) is 0 Å². The first-order chi connectivity index (χ1) is 58.6.